The molecule has 10 heteroatoms. The summed E-state index contributed by atoms with van der Waals surface area (Å²) in [7, 11) is -1.85. The van der Waals surface area contributed by atoms with Gasteiger partial charge in [-0.1, -0.05) is 85.4 Å². The van der Waals surface area contributed by atoms with Crippen molar-refractivity contribution in [3.05, 3.63) is 163 Å². The molecule has 0 atom stereocenters. The summed E-state index contributed by atoms with van der Waals surface area (Å²) in [5.41, 5.74) is 5.69. The molecule has 0 saturated heterocycles. The van der Waals surface area contributed by atoms with Crippen molar-refractivity contribution >= 4 is 57.3 Å². The summed E-state index contributed by atoms with van der Waals surface area (Å²) in [6, 6.07) is 35.8. The van der Waals surface area contributed by atoms with Gasteiger partial charge in [0.15, 0.2) is 0 Å². The van der Waals surface area contributed by atoms with Crippen LogP contribution in [0.2, 0.25) is 19.6 Å². The van der Waals surface area contributed by atoms with Crippen molar-refractivity contribution in [1.82, 2.24) is 29.5 Å². The van der Waals surface area contributed by atoms with Gasteiger partial charge in [0, 0.05) is 78.4 Å². The van der Waals surface area contributed by atoms with E-state index in [1.807, 2.05) is 83.4 Å². The van der Waals surface area contributed by atoms with Gasteiger partial charge in [-0.2, -0.15) is 0 Å². The minimum Gasteiger partial charge on any atom is -0.486 e. The molecule has 4 aromatic carbocycles. The van der Waals surface area contributed by atoms with E-state index >= 15 is 0 Å². The number of aromatic nitrogens is 6. The number of hydrogen-bond donors (Lipinski definition) is 0. The summed E-state index contributed by atoms with van der Waals surface area (Å²) in [6.45, 7) is -1.53. The van der Waals surface area contributed by atoms with Crippen LogP contribution in [0, 0.1) is 38.6 Å². The number of imidazole rings is 1. The van der Waals surface area contributed by atoms with E-state index in [0.29, 0.717) is 39.0 Å². The van der Waals surface area contributed by atoms with Gasteiger partial charge < -0.3 is 19.0 Å². The first-order valence-electron chi connectivity index (χ1n) is 22.9. The molecule has 0 unspecified atom stereocenters. The Hall–Kier alpha value is -6.19. The molecular formula is C49H39FIrN6OSi-2. The molecule has 0 saturated carbocycles. The second-order valence-electron chi connectivity index (χ2n) is 14.7. The minimum absolute atomic E-state index is 0. The van der Waals surface area contributed by atoms with Crippen molar-refractivity contribution in [3.8, 4) is 39.5 Å². The zero-order valence-corrected chi connectivity index (χ0v) is 35.3. The summed E-state index contributed by atoms with van der Waals surface area (Å²) >= 11 is 0. The molecule has 0 aliphatic carbocycles. The number of para-hydroxylation sites is 1. The van der Waals surface area contributed by atoms with Gasteiger partial charge in [0.25, 0.3) is 0 Å². The van der Waals surface area contributed by atoms with Crippen LogP contribution >= 0.6 is 0 Å². The van der Waals surface area contributed by atoms with E-state index in [9.17, 15) is 4.39 Å². The molecule has 10 aromatic rings. The Labute approximate surface area is 369 Å². The molecule has 0 aliphatic rings. The second-order valence-corrected chi connectivity index (χ2v) is 19.8. The average Bonchev–Trinajstić information content (AvgIpc) is 3.87. The van der Waals surface area contributed by atoms with E-state index in [1.165, 1.54) is 24.4 Å². The van der Waals surface area contributed by atoms with Gasteiger partial charge in [-0.05, 0) is 102 Å². The number of nitrogens with zero attached hydrogens (tertiary/aromatic N) is 6. The third-order valence-corrected chi connectivity index (χ3v) is 12.0. The van der Waals surface area contributed by atoms with E-state index in [0.717, 1.165) is 38.4 Å². The monoisotopic (exact) mass is 976 g/mol. The number of pyridine rings is 4. The summed E-state index contributed by atoms with van der Waals surface area (Å²) in [4.78, 5) is 22.6. The van der Waals surface area contributed by atoms with E-state index in [2.05, 4.69) is 51.8 Å². The van der Waals surface area contributed by atoms with Crippen molar-refractivity contribution in [2.24, 2.45) is 0 Å². The van der Waals surface area contributed by atoms with E-state index in [1.54, 1.807) is 24.5 Å². The van der Waals surface area contributed by atoms with Gasteiger partial charge in [-0.25, -0.2) is 4.98 Å². The van der Waals surface area contributed by atoms with Crippen LogP contribution in [-0.4, -0.2) is 37.6 Å². The number of hydrogen-bond acceptors (Lipinski definition) is 6. The number of aryl methyl sites for hydroxylation is 3. The molecule has 293 valence electrons. The standard InChI is InChI=1S/C34H22N5O.C15H17FNSi.Ir/c1-20-17-25-26-18-35-19-27(32(26)40-34(25)37-21(20)2)33-38-29-15-14-28-24(12-8-16-36-28)31(29)39(33)30-13-7-6-11-23(30)22-9-4-3-5-10-22;1-11-9-14(12-7-5-6-8-13(12)16)17-10-15(11)18(2,3)4;/h3-18H,1-2H3;5-6,8-10H,1-4H3;/q2*-1;/i1D3,2D3;1D3;. The van der Waals surface area contributed by atoms with Crippen molar-refractivity contribution in [2.45, 2.75) is 40.2 Å². The third kappa shape index (κ3) is 7.29. The van der Waals surface area contributed by atoms with Crippen molar-refractivity contribution in [3.63, 3.8) is 0 Å². The fourth-order valence-corrected chi connectivity index (χ4v) is 8.51. The van der Waals surface area contributed by atoms with Crippen LogP contribution < -0.4 is 5.19 Å². The average molecular weight is 976 g/mol. The van der Waals surface area contributed by atoms with Gasteiger partial charge in [0.1, 0.15) is 0 Å². The molecule has 7 nitrogen and oxygen atoms in total. The van der Waals surface area contributed by atoms with Crippen molar-refractivity contribution in [1.29, 1.82) is 0 Å². The molecule has 0 amide bonds. The summed E-state index contributed by atoms with van der Waals surface area (Å²) in [5.74, 6) is 0.0150. The molecule has 59 heavy (non-hydrogen) atoms. The Balaban J connectivity index is 0.000000240. The van der Waals surface area contributed by atoms with Crippen molar-refractivity contribution in [2.75, 3.05) is 0 Å². The van der Waals surface area contributed by atoms with Crippen LogP contribution in [0.4, 0.5) is 4.39 Å². The molecule has 0 fully saturated rings. The first-order chi connectivity index (χ1) is 31.7. The smallest absolute Gasteiger partial charge is 0.216 e. The van der Waals surface area contributed by atoms with Crippen LogP contribution in [0.5, 0.6) is 0 Å². The summed E-state index contributed by atoms with van der Waals surface area (Å²) in [6.07, 6.45) is 7.90. The molecule has 6 heterocycles. The number of furan rings is 1. The molecule has 0 bridgehead atoms. The summed E-state index contributed by atoms with van der Waals surface area (Å²) < 4.78 is 93.3. The maximum Gasteiger partial charge on any atom is 0.216 e. The van der Waals surface area contributed by atoms with E-state index in [-0.39, 0.29) is 42.5 Å². The van der Waals surface area contributed by atoms with Crippen molar-refractivity contribution < 1.29 is 41.2 Å². The van der Waals surface area contributed by atoms with Crippen LogP contribution in [0.1, 0.15) is 29.2 Å². The fourth-order valence-electron chi connectivity index (χ4n) is 7.17. The Morgan fingerprint density at radius 3 is 2.36 bits per heavy atom. The Bertz CT molecular complexity index is 3520. The number of benzene rings is 4. The van der Waals surface area contributed by atoms with Gasteiger partial charge in [-0.3, -0.25) is 14.4 Å². The Morgan fingerprint density at radius 1 is 0.746 bits per heavy atom. The zero-order chi connectivity index (χ0) is 47.6. The molecule has 0 N–H and O–H groups in total. The third-order valence-electron chi connectivity index (χ3n) is 9.94. The topological polar surface area (TPSA) is 82.5 Å². The van der Waals surface area contributed by atoms with Gasteiger partial charge >= 0.3 is 0 Å². The van der Waals surface area contributed by atoms with Gasteiger partial charge in [0.2, 0.25) is 5.71 Å². The first kappa shape index (κ1) is 29.9. The zero-order valence-electron chi connectivity index (χ0n) is 40.9. The predicted molar refractivity (Wildman–Crippen MR) is 235 cm³/mol. The predicted octanol–water partition coefficient (Wildman–Crippen LogP) is 11.6. The van der Waals surface area contributed by atoms with E-state index < -0.39 is 40.1 Å². The van der Waals surface area contributed by atoms with E-state index in [4.69, 9.17) is 21.7 Å². The number of fused-ring (bicyclic) bond motifs is 6. The Kier molecular flexibility index (Phi) is 8.05. The van der Waals surface area contributed by atoms with Crippen LogP contribution in [0.3, 0.4) is 0 Å². The van der Waals surface area contributed by atoms with Gasteiger partial charge in [0.05, 0.1) is 36.0 Å². The molecule has 0 spiro atoms. The fraction of sp³-hybridized carbons (Fsp3) is 0.122. The van der Waals surface area contributed by atoms with Crippen LogP contribution in [0.25, 0.3) is 83.5 Å². The first-order valence-corrected chi connectivity index (χ1v) is 21.9. The largest absolute Gasteiger partial charge is 0.486 e. The molecule has 10 rings (SSSR count). The molecule has 6 aromatic heterocycles. The minimum atomic E-state index is -2.77. The maximum atomic E-state index is 13.8. The Morgan fingerprint density at radius 2 is 1.56 bits per heavy atom. The molecule has 0 aliphatic heterocycles. The van der Waals surface area contributed by atoms with Crippen LogP contribution in [0.15, 0.2) is 132 Å². The normalized spacial score (nSPS) is 14.4. The number of rotatable bonds is 5. The van der Waals surface area contributed by atoms with Crippen LogP contribution in [-0.2, 0) is 20.1 Å². The second kappa shape index (κ2) is 15.9. The molecular weight excluding hydrogens is 928 g/mol. The summed E-state index contributed by atoms with van der Waals surface area (Å²) in [5, 5.41) is 2.46. The SMILES string of the molecule is [2H]C([2H])([2H])c1cc(-c2[c-]cccc2F)ncc1[Si](C)(C)C.[2H]C([2H])([2H])c1cc2c(nc1C([2H])([2H])[2H])oc1c(-c3nc4ccc5ncccc5c4n3-c3ccccc3-c3ccccc3)[c-]ncc12.[Ir]. The van der Waals surface area contributed by atoms with Gasteiger partial charge in [-0.15, -0.1) is 24.3 Å². The molecule has 1 radical (unpaired) electrons. The maximum absolute atomic E-state index is 13.8. The number of halogens is 1. The quantitative estimate of drug-likeness (QED) is 0.126.